The maximum Gasteiger partial charge on any atom is 0.328 e. The molecule has 0 radical (unpaired) electrons. The highest BCUT2D eigenvalue weighted by atomic mass is 35.5. The smallest absolute Gasteiger partial charge is 0.328 e. The molecular formula is C21H21ClN2O5. The Morgan fingerprint density at radius 1 is 1.14 bits per heavy atom. The molecule has 2 aromatic carbocycles. The van der Waals surface area contributed by atoms with Gasteiger partial charge >= 0.3 is 5.97 Å². The molecule has 0 saturated heterocycles. The summed E-state index contributed by atoms with van der Waals surface area (Å²) in [7, 11) is 1.48. The average Bonchev–Trinajstić information content (AvgIpc) is 2.71. The summed E-state index contributed by atoms with van der Waals surface area (Å²) in [5.74, 6) is -1.24. The summed E-state index contributed by atoms with van der Waals surface area (Å²) in [6.45, 7) is 0.973. The van der Waals surface area contributed by atoms with Gasteiger partial charge in [0, 0.05) is 11.8 Å². The molecule has 0 aliphatic carbocycles. The van der Waals surface area contributed by atoms with E-state index in [0.717, 1.165) is 5.56 Å². The number of hydrogen-bond donors (Lipinski definition) is 2. The molecule has 0 aliphatic rings. The molecule has 0 heterocycles. The molecule has 0 aliphatic heterocycles. The van der Waals surface area contributed by atoms with Crippen molar-refractivity contribution in [3.05, 3.63) is 65.2 Å². The molecule has 0 spiro atoms. The molecule has 0 fully saturated rings. The lowest BCUT2D eigenvalue weighted by atomic mass is 10.2. The molecular weight excluding hydrogens is 396 g/mol. The van der Waals surface area contributed by atoms with Crippen LogP contribution in [0.1, 0.15) is 12.5 Å². The normalized spacial score (nSPS) is 11.6. The summed E-state index contributed by atoms with van der Waals surface area (Å²) in [5.41, 5.74) is 1.29. The van der Waals surface area contributed by atoms with E-state index in [1.54, 1.807) is 18.2 Å². The predicted molar refractivity (Wildman–Crippen MR) is 111 cm³/mol. The van der Waals surface area contributed by atoms with Crippen LogP contribution < -0.4 is 15.4 Å². The Bertz CT molecular complexity index is 899. The summed E-state index contributed by atoms with van der Waals surface area (Å²) in [4.78, 5) is 35.8. The monoisotopic (exact) mass is 416 g/mol. The highest BCUT2D eigenvalue weighted by molar-refractivity contribution is 6.32. The van der Waals surface area contributed by atoms with Gasteiger partial charge in [-0.2, -0.15) is 0 Å². The van der Waals surface area contributed by atoms with Gasteiger partial charge in [0.25, 0.3) is 5.91 Å². The zero-order valence-electron chi connectivity index (χ0n) is 16.0. The van der Waals surface area contributed by atoms with E-state index >= 15 is 0 Å². The van der Waals surface area contributed by atoms with Crippen LogP contribution in [-0.4, -0.2) is 37.5 Å². The van der Waals surface area contributed by atoms with Crippen molar-refractivity contribution in [1.29, 1.82) is 0 Å². The second-order valence-electron chi connectivity index (χ2n) is 5.98. The SMILES string of the molecule is COc1ccc(NC(=O)COC(=O)[C@H](C)NC(=O)/C=C/c2ccccc2)cc1Cl. The fourth-order valence-electron chi connectivity index (χ4n) is 2.26. The van der Waals surface area contributed by atoms with E-state index in [9.17, 15) is 14.4 Å². The van der Waals surface area contributed by atoms with Crippen molar-refractivity contribution in [2.24, 2.45) is 0 Å². The first-order valence-corrected chi connectivity index (χ1v) is 9.10. The molecule has 1 atom stereocenters. The minimum atomic E-state index is -0.911. The summed E-state index contributed by atoms with van der Waals surface area (Å²) in [6.07, 6.45) is 2.94. The van der Waals surface area contributed by atoms with E-state index in [0.29, 0.717) is 16.5 Å². The zero-order valence-corrected chi connectivity index (χ0v) is 16.7. The zero-order chi connectivity index (χ0) is 21.2. The van der Waals surface area contributed by atoms with Crippen LogP contribution in [0.3, 0.4) is 0 Å². The number of carbonyl (C=O) groups excluding carboxylic acids is 3. The fraction of sp³-hybridized carbons (Fsp3) is 0.190. The quantitative estimate of drug-likeness (QED) is 0.509. The standard InChI is InChI=1S/C21H21ClN2O5/c1-14(23-19(25)11-8-15-6-4-3-5-7-15)21(27)29-13-20(26)24-16-9-10-18(28-2)17(22)12-16/h3-12,14H,13H2,1-2H3,(H,23,25)(H,24,26)/b11-8+/t14-/m0/s1. The molecule has 2 N–H and O–H groups in total. The lowest BCUT2D eigenvalue weighted by Crippen LogP contribution is -2.39. The van der Waals surface area contributed by atoms with Gasteiger partial charge in [-0.3, -0.25) is 9.59 Å². The van der Waals surface area contributed by atoms with E-state index in [-0.39, 0.29) is 0 Å². The molecule has 0 unspecified atom stereocenters. The maximum absolute atomic E-state index is 12.0. The Morgan fingerprint density at radius 2 is 1.86 bits per heavy atom. The Balaban J connectivity index is 1.77. The van der Waals surface area contributed by atoms with Gasteiger partial charge in [0.15, 0.2) is 6.61 Å². The molecule has 2 amide bonds. The molecule has 0 aromatic heterocycles. The molecule has 152 valence electrons. The number of ether oxygens (including phenoxy) is 2. The van der Waals surface area contributed by atoms with Crippen molar-refractivity contribution in [2.45, 2.75) is 13.0 Å². The Labute approximate surface area is 173 Å². The lowest BCUT2D eigenvalue weighted by Gasteiger charge is -2.12. The summed E-state index contributed by atoms with van der Waals surface area (Å²) in [5, 5.41) is 5.37. The van der Waals surface area contributed by atoms with Crippen LogP contribution >= 0.6 is 11.6 Å². The number of anilines is 1. The van der Waals surface area contributed by atoms with E-state index < -0.39 is 30.4 Å². The van der Waals surface area contributed by atoms with Crippen molar-refractivity contribution >= 4 is 41.1 Å². The predicted octanol–water partition coefficient (Wildman–Crippen LogP) is 3.05. The number of carbonyl (C=O) groups is 3. The van der Waals surface area contributed by atoms with Gasteiger partial charge in [-0.15, -0.1) is 0 Å². The van der Waals surface area contributed by atoms with Crippen molar-refractivity contribution in [3.63, 3.8) is 0 Å². The number of hydrogen-bond acceptors (Lipinski definition) is 5. The van der Waals surface area contributed by atoms with E-state index in [1.165, 1.54) is 26.2 Å². The largest absolute Gasteiger partial charge is 0.495 e. The molecule has 0 bridgehead atoms. The third-order valence-electron chi connectivity index (χ3n) is 3.72. The number of benzene rings is 2. The second-order valence-corrected chi connectivity index (χ2v) is 6.39. The lowest BCUT2D eigenvalue weighted by molar-refractivity contribution is -0.149. The fourth-order valence-corrected chi connectivity index (χ4v) is 2.52. The molecule has 29 heavy (non-hydrogen) atoms. The topological polar surface area (TPSA) is 93.7 Å². The van der Waals surface area contributed by atoms with Crippen molar-refractivity contribution in [2.75, 3.05) is 19.0 Å². The van der Waals surface area contributed by atoms with Gasteiger partial charge in [0.05, 0.1) is 12.1 Å². The van der Waals surface area contributed by atoms with Crippen LogP contribution in [0.2, 0.25) is 5.02 Å². The summed E-state index contributed by atoms with van der Waals surface area (Å²) >= 11 is 5.99. The van der Waals surface area contributed by atoms with Crippen LogP contribution in [0, 0.1) is 0 Å². The number of amides is 2. The highest BCUT2D eigenvalue weighted by Gasteiger charge is 2.17. The van der Waals surface area contributed by atoms with Crippen molar-refractivity contribution < 1.29 is 23.9 Å². The number of methoxy groups -OCH3 is 1. The third kappa shape index (κ3) is 7.31. The minimum absolute atomic E-state index is 0.335. The van der Waals surface area contributed by atoms with Crippen LogP contribution in [-0.2, 0) is 19.1 Å². The third-order valence-corrected chi connectivity index (χ3v) is 4.02. The van der Waals surface area contributed by atoms with Gasteiger partial charge in [-0.1, -0.05) is 41.9 Å². The highest BCUT2D eigenvalue weighted by Crippen LogP contribution is 2.27. The van der Waals surface area contributed by atoms with Gasteiger partial charge in [0.1, 0.15) is 11.8 Å². The average molecular weight is 417 g/mol. The Morgan fingerprint density at radius 3 is 2.52 bits per heavy atom. The van der Waals surface area contributed by atoms with Gasteiger partial charge in [0.2, 0.25) is 5.91 Å². The van der Waals surface area contributed by atoms with Crippen molar-refractivity contribution in [1.82, 2.24) is 5.32 Å². The number of halogens is 1. The van der Waals surface area contributed by atoms with Gasteiger partial charge < -0.3 is 20.1 Å². The maximum atomic E-state index is 12.0. The summed E-state index contributed by atoms with van der Waals surface area (Å²) < 4.78 is 9.96. The van der Waals surface area contributed by atoms with E-state index in [4.69, 9.17) is 21.1 Å². The Kier molecular flexibility index (Phi) is 8.24. The second kappa shape index (κ2) is 10.9. The number of esters is 1. The molecule has 2 aromatic rings. The summed E-state index contributed by atoms with van der Waals surface area (Å²) in [6, 6.07) is 13.1. The van der Waals surface area contributed by atoms with Crippen molar-refractivity contribution in [3.8, 4) is 5.75 Å². The van der Waals surface area contributed by atoms with Crippen LogP contribution in [0.4, 0.5) is 5.69 Å². The number of rotatable bonds is 8. The van der Waals surface area contributed by atoms with Gasteiger partial charge in [-0.25, -0.2) is 4.79 Å². The van der Waals surface area contributed by atoms with Crippen LogP contribution in [0.15, 0.2) is 54.6 Å². The van der Waals surface area contributed by atoms with Gasteiger partial charge in [-0.05, 0) is 36.8 Å². The molecule has 8 heteroatoms. The molecule has 0 saturated carbocycles. The first-order chi connectivity index (χ1) is 13.9. The molecule has 7 nitrogen and oxygen atoms in total. The first kappa shape index (κ1) is 22.0. The van der Waals surface area contributed by atoms with Crippen LogP contribution in [0.5, 0.6) is 5.75 Å². The van der Waals surface area contributed by atoms with Crippen LogP contribution in [0.25, 0.3) is 6.08 Å². The minimum Gasteiger partial charge on any atom is -0.495 e. The molecule has 2 rings (SSSR count). The van der Waals surface area contributed by atoms with E-state index in [2.05, 4.69) is 10.6 Å². The number of nitrogens with one attached hydrogen (secondary N) is 2. The van der Waals surface area contributed by atoms with E-state index in [1.807, 2.05) is 30.3 Å². The first-order valence-electron chi connectivity index (χ1n) is 8.72. The Hall–Kier alpha value is -3.32.